The van der Waals surface area contributed by atoms with Crippen molar-refractivity contribution in [1.82, 2.24) is 0 Å². The fraction of sp³-hybridized carbons (Fsp3) is 0.500. The zero-order valence-electron chi connectivity index (χ0n) is 11.2. The lowest BCUT2D eigenvalue weighted by atomic mass is 9.97. The van der Waals surface area contributed by atoms with E-state index in [4.69, 9.17) is 4.74 Å². The number of aliphatic hydroxyl groups is 1. The maximum atomic E-state index is 11.3. The molecule has 0 aromatic heterocycles. The van der Waals surface area contributed by atoms with Gasteiger partial charge in [0, 0.05) is 0 Å². The van der Waals surface area contributed by atoms with E-state index in [0.717, 1.165) is 5.75 Å². The highest BCUT2D eigenvalue weighted by atomic mass is 16.5. The van der Waals surface area contributed by atoms with Crippen LogP contribution < -0.4 is 4.74 Å². The number of methoxy groups -OCH3 is 1. The minimum absolute atomic E-state index is 0.106. The Morgan fingerprint density at radius 2 is 1.72 bits per heavy atom. The lowest BCUT2D eigenvalue weighted by Gasteiger charge is -2.17. The van der Waals surface area contributed by atoms with Gasteiger partial charge in [-0.2, -0.15) is 0 Å². The Hall–Kier alpha value is -1.55. The van der Waals surface area contributed by atoms with E-state index in [9.17, 15) is 9.90 Å². The molecule has 100 valence electrons. The van der Waals surface area contributed by atoms with Crippen molar-refractivity contribution in [1.29, 1.82) is 0 Å². The van der Waals surface area contributed by atoms with Gasteiger partial charge in [-0.1, -0.05) is 12.1 Å². The number of aliphatic hydroxyl groups excluding tert-OH is 1. The highest BCUT2D eigenvalue weighted by molar-refractivity contribution is 5.72. The molecule has 18 heavy (non-hydrogen) atoms. The third-order valence-electron chi connectivity index (χ3n) is 2.64. The summed E-state index contributed by atoms with van der Waals surface area (Å²) >= 11 is 0. The van der Waals surface area contributed by atoms with Gasteiger partial charge in [0.25, 0.3) is 0 Å². The van der Waals surface area contributed by atoms with Crippen molar-refractivity contribution in [2.45, 2.75) is 33.0 Å². The highest BCUT2D eigenvalue weighted by Gasteiger charge is 2.24. The van der Waals surface area contributed by atoms with Crippen LogP contribution in [0.2, 0.25) is 0 Å². The molecule has 0 aliphatic carbocycles. The first-order valence-electron chi connectivity index (χ1n) is 5.98. The molecule has 0 spiro atoms. The van der Waals surface area contributed by atoms with Crippen LogP contribution in [0.5, 0.6) is 5.75 Å². The van der Waals surface area contributed by atoms with E-state index in [1.54, 1.807) is 31.2 Å². The molecule has 0 radical (unpaired) electrons. The Labute approximate surface area is 108 Å². The lowest BCUT2D eigenvalue weighted by Crippen LogP contribution is -2.20. The van der Waals surface area contributed by atoms with Crippen molar-refractivity contribution >= 4 is 5.97 Å². The zero-order chi connectivity index (χ0) is 13.7. The Morgan fingerprint density at radius 1 is 1.17 bits per heavy atom. The second-order valence-electron chi connectivity index (χ2n) is 4.49. The minimum Gasteiger partial charge on any atom is -0.491 e. The van der Waals surface area contributed by atoms with Crippen LogP contribution in [0.4, 0.5) is 0 Å². The van der Waals surface area contributed by atoms with E-state index in [1.165, 1.54) is 7.11 Å². The summed E-state index contributed by atoms with van der Waals surface area (Å²) in [5, 5.41) is 10.0. The zero-order valence-corrected chi connectivity index (χ0v) is 11.2. The largest absolute Gasteiger partial charge is 0.491 e. The molecule has 1 rings (SSSR count). The summed E-state index contributed by atoms with van der Waals surface area (Å²) in [7, 11) is 1.31. The molecule has 0 fully saturated rings. The Kier molecular flexibility index (Phi) is 5.16. The lowest BCUT2D eigenvalue weighted by molar-refractivity contribution is -0.148. The maximum Gasteiger partial charge on any atom is 0.311 e. The van der Waals surface area contributed by atoms with Gasteiger partial charge in [0.1, 0.15) is 5.75 Å². The molecule has 0 saturated heterocycles. The number of hydrogen-bond donors (Lipinski definition) is 1. The number of carbonyl (C=O) groups is 1. The van der Waals surface area contributed by atoms with Gasteiger partial charge in [0.15, 0.2) is 0 Å². The molecule has 0 amide bonds. The summed E-state index contributed by atoms with van der Waals surface area (Å²) in [6.07, 6.45) is -0.764. The molecule has 0 saturated carbocycles. The molecule has 0 heterocycles. The van der Waals surface area contributed by atoms with Gasteiger partial charge in [-0.05, 0) is 38.5 Å². The Morgan fingerprint density at radius 3 is 2.17 bits per heavy atom. The van der Waals surface area contributed by atoms with Crippen LogP contribution in [0.3, 0.4) is 0 Å². The van der Waals surface area contributed by atoms with Crippen LogP contribution in [-0.2, 0) is 9.53 Å². The van der Waals surface area contributed by atoms with Crippen LogP contribution in [0.1, 0.15) is 32.4 Å². The van der Waals surface area contributed by atoms with Crippen LogP contribution in [0, 0.1) is 5.92 Å². The van der Waals surface area contributed by atoms with Crippen LogP contribution in [0.25, 0.3) is 0 Å². The molecular formula is C14H20O4. The molecule has 4 heteroatoms. The number of rotatable bonds is 5. The normalized spacial score (nSPS) is 14.1. The van der Waals surface area contributed by atoms with Crippen LogP contribution in [-0.4, -0.2) is 24.3 Å². The van der Waals surface area contributed by atoms with Crippen molar-refractivity contribution in [3.63, 3.8) is 0 Å². The Balaban J connectivity index is 2.75. The molecule has 1 N–H and O–H groups in total. The number of carbonyl (C=O) groups excluding carboxylic acids is 1. The minimum atomic E-state index is -0.870. The maximum absolute atomic E-state index is 11.3. The van der Waals surface area contributed by atoms with Crippen molar-refractivity contribution < 1.29 is 19.4 Å². The molecule has 0 aliphatic heterocycles. The van der Waals surface area contributed by atoms with E-state index < -0.39 is 18.0 Å². The van der Waals surface area contributed by atoms with E-state index in [0.29, 0.717) is 5.56 Å². The second kappa shape index (κ2) is 6.40. The van der Waals surface area contributed by atoms with E-state index >= 15 is 0 Å². The number of esters is 1. The second-order valence-corrected chi connectivity index (χ2v) is 4.49. The fourth-order valence-electron chi connectivity index (χ4n) is 1.62. The molecule has 1 aromatic rings. The molecule has 0 bridgehead atoms. The third kappa shape index (κ3) is 3.74. The standard InChI is InChI=1S/C14H20O4/c1-9(2)18-12-7-5-11(6-8-12)13(15)10(3)14(16)17-4/h5-10,13,15H,1-4H3. The molecule has 1 aromatic carbocycles. The van der Waals surface area contributed by atoms with Crippen molar-refractivity contribution in [2.24, 2.45) is 5.92 Å². The monoisotopic (exact) mass is 252 g/mol. The smallest absolute Gasteiger partial charge is 0.311 e. The first kappa shape index (κ1) is 14.5. The number of hydrogen-bond acceptors (Lipinski definition) is 4. The summed E-state index contributed by atoms with van der Waals surface area (Å²) in [4.78, 5) is 11.3. The molecule has 0 aliphatic rings. The van der Waals surface area contributed by atoms with Crippen LogP contribution >= 0.6 is 0 Å². The van der Waals surface area contributed by atoms with E-state index in [-0.39, 0.29) is 6.10 Å². The number of benzene rings is 1. The van der Waals surface area contributed by atoms with E-state index in [1.807, 2.05) is 13.8 Å². The predicted molar refractivity (Wildman–Crippen MR) is 68.3 cm³/mol. The quantitative estimate of drug-likeness (QED) is 0.817. The first-order chi connectivity index (χ1) is 8.45. The van der Waals surface area contributed by atoms with Gasteiger partial charge in [0.2, 0.25) is 0 Å². The topological polar surface area (TPSA) is 55.8 Å². The van der Waals surface area contributed by atoms with Gasteiger partial charge in [-0.25, -0.2) is 0 Å². The predicted octanol–water partition coefficient (Wildman–Crippen LogP) is 2.32. The van der Waals surface area contributed by atoms with Gasteiger partial charge in [-0.3, -0.25) is 4.79 Å². The molecular weight excluding hydrogens is 232 g/mol. The average molecular weight is 252 g/mol. The van der Waals surface area contributed by atoms with E-state index in [2.05, 4.69) is 4.74 Å². The van der Waals surface area contributed by atoms with Gasteiger partial charge >= 0.3 is 5.97 Å². The summed E-state index contributed by atoms with van der Waals surface area (Å²) in [6, 6.07) is 7.06. The fourth-order valence-corrected chi connectivity index (χ4v) is 1.62. The van der Waals surface area contributed by atoms with Gasteiger partial charge < -0.3 is 14.6 Å². The summed E-state index contributed by atoms with van der Waals surface area (Å²) < 4.78 is 10.1. The molecule has 2 atom stereocenters. The third-order valence-corrected chi connectivity index (χ3v) is 2.64. The number of ether oxygens (including phenoxy) is 2. The molecule has 4 nitrogen and oxygen atoms in total. The summed E-state index contributed by atoms with van der Waals surface area (Å²) in [5.74, 6) is -0.274. The average Bonchev–Trinajstić information content (AvgIpc) is 2.36. The first-order valence-corrected chi connectivity index (χ1v) is 5.98. The van der Waals surface area contributed by atoms with Crippen molar-refractivity contribution in [2.75, 3.05) is 7.11 Å². The van der Waals surface area contributed by atoms with Gasteiger partial charge in [-0.15, -0.1) is 0 Å². The van der Waals surface area contributed by atoms with Gasteiger partial charge in [0.05, 0.1) is 25.2 Å². The Bertz CT molecular complexity index is 383. The SMILES string of the molecule is COC(=O)C(C)C(O)c1ccc(OC(C)C)cc1. The summed E-state index contributed by atoms with van der Waals surface area (Å²) in [5.41, 5.74) is 0.670. The van der Waals surface area contributed by atoms with Crippen LogP contribution in [0.15, 0.2) is 24.3 Å². The van der Waals surface area contributed by atoms with Crippen molar-refractivity contribution in [3.05, 3.63) is 29.8 Å². The summed E-state index contributed by atoms with van der Waals surface area (Å²) in [6.45, 7) is 5.53. The van der Waals surface area contributed by atoms with Crippen molar-refractivity contribution in [3.8, 4) is 5.75 Å². The highest BCUT2D eigenvalue weighted by Crippen LogP contribution is 2.25. The molecule has 2 unspecified atom stereocenters.